The highest BCUT2D eigenvalue weighted by molar-refractivity contribution is 6.08. The molecular formula is C19H25N3O2. The third kappa shape index (κ3) is 3.51. The van der Waals surface area contributed by atoms with Crippen molar-refractivity contribution in [1.82, 2.24) is 9.88 Å². The van der Waals surface area contributed by atoms with Crippen molar-refractivity contribution in [3.8, 4) is 0 Å². The monoisotopic (exact) mass is 327 g/mol. The minimum absolute atomic E-state index is 0.0238. The van der Waals surface area contributed by atoms with Gasteiger partial charge in [-0.05, 0) is 31.7 Å². The van der Waals surface area contributed by atoms with Gasteiger partial charge in [-0.15, -0.1) is 0 Å². The number of Topliss-reactive ketones (excluding diaryl/α,β-unsaturated/α-hetero) is 1. The second-order valence-electron chi connectivity index (χ2n) is 6.70. The van der Waals surface area contributed by atoms with Gasteiger partial charge < -0.3 is 15.6 Å². The molecule has 1 aromatic heterocycles. The number of aromatic nitrogens is 1. The number of hydrogen-bond acceptors (Lipinski definition) is 3. The van der Waals surface area contributed by atoms with Crippen LogP contribution in [-0.4, -0.2) is 28.3 Å². The molecule has 128 valence electrons. The number of nitrogens with zero attached hydrogens (tertiary/aromatic N) is 1. The van der Waals surface area contributed by atoms with Gasteiger partial charge in [-0.2, -0.15) is 0 Å². The average Bonchev–Trinajstić information content (AvgIpc) is 3.12. The zero-order valence-corrected chi connectivity index (χ0v) is 14.1. The zero-order valence-electron chi connectivity index (χ0n) is 14.1. The lowest BCUT2D eigenvalue weighted by atomic mass is 10.1. The molecule has 1 saturated carbocycles. The molecule has 0 unspecified atom stereocenters. The van der Waals surface area contributed by atoms with Crippen LogP contribution in [-0.2, 0) is 11.3 Å². The third-order valence-corrected chi connectivity index (χ3v) is 4.72. The van der Waals surface area contributed by atoms with Gasteiger partial charge >= 0.3 is 0 Å². The summed E-state index contributed by atoms with van der Waals surface area (Å²) >= 11 is 0. The Kier molecular flexibility index (Phi) is 5.00. The Balaban J connectivity index is 1.79. The molecule has 0 spiro atoms. The molecule has 3 N–H and O–H groups in total. The van der Waals surface area contributed by atoms with Gasteiger partial charge in [-0.1, -0.05) is 25.1 Å². The molecule has 0 radical (unpaired) electrons. The van der Waals surface area contributed by atoms with Crippen molar-refractivity contribution >= 4 is 22.6 Å². The van der Waals surface area contributed by atoms with Gasteiger partial charge in [0.2, 0.25) is 5.91 Å². The zero-order chi connectivity index (χ0) is 17.1. The number of amides is 1. The molecule has 24 heavy (non-hydrogen) atoms. The van der Waals surface area contributed by atoms with Crippen molar-refractivity contribution in [3.63, 3.8) is 0 Å². The lowest BCUT2D eigenvalue weighted by Gasteiger charge is -2.13. The first-order valence-electron chi connectivity index (χ1n) is 8.74. The summed E-state index contributed by atoms with van der Waals surface area (Å²) in [5.74, 6) is 0.110. The minimum atomic E-state index is -0.0238. The van der Waals surface area contributed by atoms with Gasteiger partial charge in [-0.3, -0.25) is 9.59 Å². The Morgan fingerprint density at radius 1 is 1.29 bits per heavy atom. The van der Waals surface area contributed by atoms with E-state index in [1.165, 1.54) is 0 Å². The maximum absolute atomic E-state index is 12.4. The van der Waals surface area contributed by atoms with E-state index in [0.717, 1.165) is 36.6 Å². The number of para-hydroxylation sites is 1. The Labute approximate surface area is 142 Å². The predicted molar refractivity (Wildman–Crippen MR) is 94.9 cm³/mol. The molecule has 1 amide bonds. The number of benzene rings is 1. The SMILES string of the molecule is CCCC(=O)c1cn(CC(=O)N[C@@H]2CC[C@@H](N)C2)c2ccccc12. The molecule has 1 aromatic carbocycles. The van der Waals surface area contributed by atoms with Crippen LogP contribution in [0.15, 0.2) is 30.5 Å². The van der Waals surface area contributed by atoms with Crippen LogP contribution >= 0.6 is 0 Å². The highest BCUT2D eigenvalue weighted by Crippen LogP contribution is 2.23. The summed E-state index contributed by atoms with van der Waals surface area (Å²) in [7, 11) is 0. The van der Waals surface area contributed by atoms with Crippen molar-refractivity contribution in [3.05, 3.63) is 36.0 Å². The number of fused-ring (bicyclic) bond motifs is 1. The molecule has 1 aliphatic carbocycles. The number of hydrogen-bond donors (Lipinski definition) is 2. The average molecular weight is 327 g/mol. The van der Waals surface area contributed by atoms with E-state index in [9.17, 15) is 9.59 Å². The second kappa shape index (κ2) is 7.18. The lowest BCUT2D eigenvalue weighted by molar-refractivity contribution is -0.122. The first-order chi connectivity index (χ1) is 11.6. The van der Waals surface area contributed by atoms with Crippen LogP contribution in [0.25, 0.3) is 10.9 Å². The smallest absolute Gasteiger partial charge is 0.240 e. The molecule has 1 heterocycles. The summed E-state index contributed by atoms with van der Waals surface area (Å²) in [4.78, 5) is 24.7. The Morgan fingerprint density at radius 3 is 2.79 bits per heavy atom. The maximum atomic E-state index is 12.4. The van der Waals surface area contributed by atoms with Crippen LogP contribution in [0.3, 0.4) is 0 Å². The highest BCUT2D eigenvalue weighted by Gasteiger charge is 2.23. The van der Waals surface area contributed by atoms with E-state index in [1.807, 2.05) is 42.0 Å². The van der Waals surface area contributed by atoms with Crippen LogP contribution in [0.2, 0.25) is 0 Å². The molecule has 2 aromatic rings. The summed E-state index contributed by atoms with van der Waals surface area (Å²) in [5, 5.41) is 3.98. The number of carbonyl (C=O) groups is 2. The maximum Gasteiger partial charge on any atom is 0.240 e. The Morgan fingerprint density at radius 2 is 2.08 bits per heavy atom. The fraction of sp³-hybridized carbons (Fsp3) is 0.474. The molecule has 0 bridgehead atoms. The fourth-order valence-electron chi connectivity index (χ4n) is 3.54. The minimum Gasteiger partial charge on any atom is -0.352 e. The van der Waals surface area contributed by atoms with Crippen LogP contribution in [0, 0.1) is 0 Å². The Hall–Kier alpha value is -2.14. The summed E-state index contributed by atoms with van der Waals surface area (Å²) in [6.45, 7) is 2.22. The quantitative estimate of drug-likeness (QED) is 0.801. The number of ketones is 1. The molecule has 3 rings (SSSR count). The van der Waals surface area contributed by atoms with Crippen molar-refractivity contribution < 1.29 is 9.59 Å². The van der Waals surface area contributed by atoms with Crippen LogP contribution in [0.1, 0.15) is 49.4 Å². The fourth-order valence-corrected chi connectivity index (χ4v) is 3.54. The van der Waals surface area contributed by atoms with E-state index in [4.69, 9.17) is 5.73 Å². The van der Waals surface area contributed by atoms with Crippen molar-refractivity contribution in [1.29, 1.82) is 0 Å². The van der Waals surface area contributed by atoms with Gasteiger partial charge in [0.1, 0.15) is 6.54 Å². The standard InChI is InChI=1S/C19H25N3O2/c1-2-5-18(23)16-11-22(17-7-4-3-6-15(16)17)12-19(24)21-14-9-8-13(20)10-14/h3-4,6-7,11,13-14H,2,5,8-10,12,20H2,1H3,(H,21,24)/t13-,14-/m1/s1. The van der Waals surface area contributed by atoms with E-state index < -0.39 is 0 Å². The lowest BCUT2D eigenvalue weighted by Crippen LogP contribution is -2.36. The number of nitrogens with two attached hydrogens (primary N) is 1. The van der Waals surface area contributed by atoms with Crippen LogP contribution < -0.4 is 11.1 Å². The third-order valence-electron chi connectivity index (χ3n) is 4.72. The van der Waals surface area contributed by atoms with Crippen molar-refractivity contribution in [2.75, 3.05) is 0 Å². The van der Waals surface area contributed by atoms with Gasteiger partial charge in [0, 0.05) is 41.2 Å². The van der Waals surface area contributed by atoms with Crippen molar-refractivity contribution in [2.24, 2.45) is 5.73 Å². The summed E-state index contributed by atoms with van der Waals surface area (Å²) in [6, 6.07) is 8.13. The summed E-state index contributed by atoms with van der Waals surface area (Å²) < 4.78 is 1.88. The van der Waals surface area contributed by atoms with Gasteiger partial charge in [0.05, 0.1) is 0 Å². The van der Waals surface area contributed by atoms with E-state index in [-0.39, 0.29) is 30.3 Å². The molecule has 2 atom stereocenters. The van der Waals surface area contributed by atoms with Crippen LogP contribution in [0.4, 0.5) is 0 Å². The predicted octanol–water partition coefficient (Wildman–Crippen LogP) is 2.62. The number of carbonyl (C=O) groups excluding carboxylic acids is 2. The van der Waals surface area contributed by atoms with E-state index in [1.54, 1.807) is 0 Å². The second-order valence-corrected chi connectivity index (χ2v) is 6.70. The normalized spacial score (nSPS) is 20.4. The molecule has 5 nitrogen and oxygen atoms in total. The first kappa shape index (κ1) is 16.7. The molecule has 5 heteroatoms. The summed E-state index contributed by atoms with van der Waals surface area (Å²) in [5.41, 5.74) is 7.54. The largest absolute Gasteiger partial charge is 0.352 e. The van der Waals surface area contributed by atoms with E-state index >= 15 is 0 Å². The van der Waals surface area contributed by atoms with Gasteiger partial charge in [0.25, 0.3) is 0 Å². The molecular weight excluding hydrogens is 302 g/mol. The Bertz CT molecular complexity index is 750. The van der Waals surface area contributed by atoms with Crippen LogP contribution in [0.5, 0.6) is 0 Å². The molecule has 1 fully saturated rings. The molecule has 1 aliphatic rings. The topological polar surface area (TPSA) is 77.1 Å². The van der Waals surface area contributed by atoms with Gasteiger partial charge in [-0.25, -0.2) is 0 Å². The molecule has 0 aliphatic heterocycles. The first-order valence-corrected chi connectivity index (χ1v) is 8.74. The van der Waals surface area contributed by atoms with Crippen molar-refractivity contribution in [2.45, 2.75) is 57.7 Å². The van der Waals surface area contributed by atoms with E-state index in [0.29, 0.717) is 12.0 Å². The van der Waals surface area contributed by atoms with E-state index in [2.05, 4.69) is 5.32 Å². The summed E-state index contributed by atoms with van der Waals surface area (Å²) in [6.07, 6.45) is 5.93. The number of nitrogens with one attached hydrogen (secondary N) is 1. The number of rotatable bonds is 6. The highest BCUT2D eigenvalue weighted by atomic mass is 16.2. The molecule has 0 saturated heterocycles. The van der Waals surface area contributed by atoms with Gasteiger partial charge in [0.15, 0.2) is 5.78 Å².